The number of amides is 1. The molecule has 0 heterocycles. The molecule has 0 aliphatic rings. The number of hydrogen-bond donors (Lipinski definition) is 1. The lowest BCUT2D eigenvalue weighted by Crippen LogP contribution is -2.44. The second-order valence-corrected chi connectivity index (χ2v) is 5.98. The molecule has 0 bridgehead atoms. The van der Waals surface area contributed by atoms with E-state index in [1.54, 1.807) is 12.1 Å². The van der Waals surface area contributed by atoms with Gasteiger partial charge in [-0.05, 0) is 44.5 Å². The highest BCUT2D eigenvalue weighted by Gasteiger charge is 2.21. The lowest BCUT2D eigenvalue weighted by Gasteiger charge is -2.21. The maximum absolute atomic E-state index is 13.7. The zero-order valence-corrected chi connectivity index (χ0v) is 14.8. The third-order valence-corrected chi connectivity index (χ3v) is 3.68. The van der Waals surface area contributed by atoms with E-state index in [4.69, 9.17) is 9.47 Å². The minimum absolute atomic E-state index is 0.0769. The van der Waals surface area contributed by atoms with Crippen molar-refractivity contribution in [3.05, 3.63) is 59.9 Å². The molecule has 0 spiro atoms. The van der Waals surface area contributed by atoms with Gasteiger partial charge >= 0.3 is 0 Å². The molecule has 1 N–H and O–H groups in total. The maximum atomic E-state index is 13.7. The van der Waals surface area contributed by atoms with Gasteiger partial charge in [0.1, 0.15) is 12.4 Å². The van der Waals surface area contributed by atoms with E-state index in [1.165, 1.54) is 12.1 Å². The number of rotatable bonds is 8. The van der Waals surface area contributed by atoms with E-state index < -0.39 is 11.9 Å². The van der Waals surface area contributed by atoms with Crippen molar-refractivity contribution in [1.29, 1.82) is 0 Å². The molecule has 5 heteroatoms. The van der Waals surface area contributed by atoms with Gasteiger partial charge in [-0.25, -0.2) is 4.39 Å². The first kappa shape index (κ1) is 18.8. The second-order valence-electron chi connectivity index (χ2n) is 5.98. The Morgan fingerprint density at radius 2 is 1.84 bits per heavy atom. The molecule has 0 aliphatic heterocycles. The van der Waals surface area contributed by atoms with Crippen LogP contribution in [-0.4, -0.2) is 24.7 Å². The van der Waals surface area contributed by atoms with Gasteiger partial charge in [0, 0.05) is 0 Å². The highest BCUT2D eigenvalue weighted by molar-refractivity contribution is 5.81. The van der Waals surface area contributed by atoms with Crippen LogP contribution in [0.25, 0.3) is 0 Å². The van der Waals surface area contributed by atoms with E-state index in [2.05, 4.69) is 5.32 Å². The zero-order chi connectivity index (χ0) is 18.2. The summed E-state index contributed by atoms with van der Waals surface area (Å²) in [5.74, 6) is 0.0599. The minimum Gasteiger partial charge on any atom is -0.491 e. The maximum Gasteiger partial charge on any atom is 0.261 e. The molecule has 0 saturated carbocycles. The van der Waals surface area contributed by atoms with Crippen molar-refractivity contribution >= 4 is 5.91 Å². The van der Waals surface area contributed by atoms with E-state index in [9.17, 15) is 9.18 Å². The first-order valence-electron chi connectivity index (χ1n) is 8.40. The summed E-state index contributed by atoms with van der Waals surface area (Å²) >= 11 is 0. The summed E-state index contributed by atoms with van der Waals surface area (Å²) in [6.45, 7) is 6.01. The van der Waals surface area contributed by atoms with Gasteiger partial charge in [0.25, 0.3) is 5.91 Å². The number of carbonyl (C=O) groups is 1. The van der Waals surface area contributed by atoms with Crippen LogP contribution in [0.1, 0.15) is 25.8 Å². The number of aryl methyl sites for hydroxylation is 1. The molecule has 134 valence electrons. The van der Waals surface area contributed by atoms with Gasteiger partial charge in [0.05, 0.1) is 6.04 Å². The summed E-state index contributed by atoms with van der Waals surface area (Å²) < 4.78 is 24.8. The van der Waals surface area contributed by atoms with Crippen LogP contribution in [-0.2, 0) is 4.79 Å². The smallest absolute Gasteiger partial charge is 0.261 e. The zero-order valence-electron chi connectivity index (χ0n) is 14.8. The van der Waals surface area contributed by atoms with Crippen molar-refractivity contribution < 1.29 is 18.7 Å². The topological polar surface area (TPSA) is 47.6 Å². The van der Waals surface area contributed by atoms with Crippen molar-refractivity contribution in [1.82, 2.24) is 5.32 Å². The molecule has 2 atom stereocenters. The Balaban J connectivity index is 1.85. The van der Waals surface area contributed by atoms with Gasteiger partial charge in [-0.1, -0.05) is 36.8 Å². The van der Waals surface area contributed by atoms with E-state index in [0.717, 1.165) is 11.3 Å². The Morgan fingerprint density at radius 1 is 1.16 bits per heavy atom. The average molecular weight is 345 g/mol. The SMILES string of the molecule is CC[C@H](Oc1ccccc1F)C(=O)N[C@@H](C)COc1ccc(C)cc1. The first-order valence-corrected chi connectivity index (χ1v) is 8.40. The van der Waals surface area contributed by atoms with Crippen LogP contribution in [0.15, 0.2) is 48.5 Å². The van der Waals surface area contributed by atoms with E-state index in [0.29, 0.717) is 13.0 Å². The number of carbonyl (C=O) groups excluding carboxylic acids is 1. The van der Waals surface area contributed by atoms with Crippen molar-refractivity contribution in [3.63, 3.8) is 0 Å². The Kier molecular flexibility index (Phi) is 6.81. The van der Waals surface area contributed by atoms with E-state index in [-0.39, 0.29) is 17.7 Å². The highest BCUT2D eigenvalue weighted by Crippen LogP contribution is 2.18. The molecule has 2 rings (SSSR count). The van der Waals surface area contributed by atoms with Crippen LogP contribution in [0.5, 0.6) is 11.5 Å². The lowest BCUT2D eigenvalue weighted by atomic mass is 10.2. The molecule has 0 saturated heterocycles. The highest BCUT2D eigenvalue weighted by atomic mass is 19.1. The van der Waals surface area contributed by atoms with Gasteiger partial charge < -0.3 is 14.8 Å². The number of nitrogens with one attached hydrogen (secondary N) is 1. The predicted octanol–water partition coefficient (Wildman–Crippen LogP) is 3.88. The molecule has 0 radical (unpaired) electrons. The molecule has 0 fully saturated rings. The van der Waals surface area contributed by atoms with Crippen molar-refractivity contribution in [2.75, 3.05) is 6.61 Å². The summed E-state index contributed by atoms with van der Waals surface area (Å²) in [7, 11) is 0. The van der Waals surface area contributed by atoms with Crippen molar-refractivity contribution in [2.24, 2.45) is 0 Å². The number of hydrogen-bond acceptors (Lipinski definition) is 3. The summed E-state index contributed by atoms with van der Waals surface area (Å²) in [4.78, 5) is 12.3. The summed E-state index contributed by atoms with van der Waals surface area (Å²) in [6.07, 6.45) is -0.315. The molecule has 0 aliphatic carbocycles. The summed E-state index contributed by atoms with van der Waals surface area (Å²) in [5, 5.41) is 2.84. The van der Waals surface area contributed by atoms with Crippen LogP contribution in [0.4, 0.5) is 4.39 Å². The quantitative estimate of drug-likeness (QED) is 0.790. The fourth-order valence-corrected chi connectivity index (χ4v) is 2.25. The molecular weight excluding hydrogens is 321 g/mol. The largest absolute Gasteiger partial charge is 0.491 e. The molecule has 2 aromatic carbocycles. The standard InChI is InChI=1S/C20H24FNO3/c1-4-18(25-19-8-6-5-7-17(19)21)20(23)22-15(3)13-24-16-11-9-14(2)10-12-16/h5-12,15,18H,4,13H2,1-3H3,(H,22,23)/t15-,18-/m0/s1. The average Bonchev–Trinajstić information content (AvgIpc) is 2.60. The minimum atomic E-state index is -0.751. The van der Waals surface area contributed by atoms with E-state index in [1.807, 2.05) is 45.0 Å². The fraction of sp³-hybridized carbons (Fsp3) is 0.350. The molecule has 1 amide bonds. The summed E-state index contributed by atoms with van der Waals surface area (Å²) in [6, 6.07) is 13.6. The van der Waals surface area contributed by atoms with Crippen LogP contribution in [0.2, 0.25) is 0 Å². The number of benzene rings is 2. The summed E-state index contributed by atoms with van der Waals surface area (Å²) in [5.41, 5.74) is 1.16. The number of para-hydroxylation sites is 1. The van der Waals surface area contributed by atoms with Crippen LogP contribution >= 0.6 is 0 Å². The molecule has 0 aromatic heterocycles. The van der Waals surface area contributed by atoms with Gasteiger partial charge in [-0.15, -0.1) is 0 Å². The molecule has 2 aromatic rings. The molecule has 0 unspecified atom stereocenters. The third kappa shape index (κ3) is 5.78. The van der Waals surface area contributed by atoms with E-state index >= 15 is 0 Å². The Hall–Kier alpha value is -2.56. The number of halogens is 1. The molecule has 25 heavy (non-hydrogen) atoms. The monoisotopic (exact) mass is 345 g/mol. The van der Waals surface area contributed by atoms with Gasteiger partial charge in [-0.3, -0.25) is 4.79 Å². The third-order valence-electron chi connectivity index (χ3n) is 3.68. The second kappa shape index (κ2) is 9.06. The van der Waals surface area contributed by atoms with Gasteiger partial charge in [0.15, 0.2) is 17.7 Å². The Bertz CT molecular complexity index is 688. The van der Waals surface area contributed by atoms with Crippen LogP contribution < -0.4 is 14.8 Å². The van der Waals surface area contributed by atoms with Gasteiger partial charge in [0.2, 0.25) is 0 Å². The Labute approximate surface area is 148 Å². The Morgan fingerprint density at radius 3 is 2.48 bits per heavy atom. The van der Waals surface area contributed by atoms with Crippen molar-refractivity contribution in [3.8, 4) is 11.5 Å². The fourth-order valence-electron chi connectivity index (χ4n) is 2.25. The lowest BCUT2D eigenvalue weighted by molar-refractivity contribution is -0.129. The predicted molar refractivity (Wildman–Crippen MR) is 95.4 cm³/mol. The molecule has 4 nitrogen and oxygen atoms in total. The van der Waals surface area contributed by atoms with Crippen molar-refractivity contribution in [2.45, 2.75) is 39.3 Å². The van der Waals surface area contributed by atoms with Crippen LogP contribution in [0, 0.1) is 12.7 Å². The van der Waals surface area contributed by atoms with Crippen LogP contribution in [0.3, 0.4) is 0 Å². The molecular formula is C20H24FNO3. The normalized spacial score (nSPS) is 13.0. The number of ether oxygens (including phenoxy) is 2. The van der Waals surface area contributed by atoms with Gasteiger partial charge in [-0.2, -0.15) is 0 Å². The first-order chi connectivity index (χ1) is 12.0.